The summed E-state index contributed by atoms with van der Waals surface area (Å²) in [5.74, 6) is -0.572. The van der Waals surface area contributed by atoms with Crippen LogP contribution in [-0.2, 0) is 21.2 Å². The third kappa shape index (κ3) is 5.17. The van der Waals surface area contributed by atoms with Crippen molar-refractivity contribution in [1.82, 2.24) is 9.97 Å². The summed E-state index contributed by atoms with van der Waals surface area (Å²) in [4.78, 5) is 23.6. The molecule has 0 N–H and O–H groups in total. The number of halogens is 1. The first kappa shape index (κ1) is 21.6. The molecule has 0 aliphatic carbocycles. The molecule has 2 aromatic carbocycles. The molecule has 0 aliphatic rings. The Bertz CT molecular complexity index is 1310. The van der Waals surface area contributed by atoms with E-state index in [1.807, 2.05) is 24.3 Å². The van der Waals surface area contributed by atoms with Gasteiger partial charge in [0.15, 0.2) is 15.0 Å². The third-order valence-corrected chi connectivity index (χ3v) is 7.89. The van der Waals surface area contributed by atoms with Gasteiger partial charge < -0.3 is 0 Å². The molecule has 158 valence electrons. The van der Waals surface area contributed by atoms with Crippen LogP contribution in [0.15, 0.2) is 82.4 Å². The van der Waals surface area contributed by atoms with Crippen molar-refractivity contribution in [2.24, 2.45) is 0 Å². The second-order valence-corrected chi connectivity index (χ2v) is 10.9. The SMILES string of the molecule is O=C(CCS(=O)(=O)c1ccccc1)N(Cc1cccnc1)c1nc2ccc(Br)cc2s1. The molecule has 6 nitrogen and oxygen atoms in total. The zero-order valence-electron chi connectivity index (χ0n) is 16.3. The van der Waals surface area contributed by atoms with Gasteiger partial charge in [0.2, 0.25) is 5.91 Å². The first-order valence-electron chi connectivity index (χ1n) is 9.45. The number of pyridine rings is 1. The lowest BCUT2D eigenvalue weighted by molar-refractivity contribution is -0.118. The van der Waals surface area contributed by atoms with E-state index in [9.17, 15) is 13.2 Å². The van der Waals surface area contributed by atoms with Crippen LogP contribution in [0.5, 0.6) is 0 Å². The van der Waals surface area contributed by atoms with Crippen LogP contribution in [-0.4, -0.2) is 30.0 Å². The van der Waals surface area contributed by atoms with Gasteiger partial charge in [0.1, 0.15) is 0 Å². The van der Waals surface area contributed by atoms with Crippen molar-refractivity contribution in [1.29, 1.82) is 0 Å². The molecule has 0 fully saturated rings. The van der Waals surface area contributed by atoms with Gasteiger partial charge in [0.25, 0.3) is 0 Å². The number of carbonyl (C=O) groups excluding carboxylic acids is 1. The predicted molar refractivity (Wildman–Crippen MR) is 126 cm³/mol. The number of anilines is 1. The smallest absolute Gasteiger partial charge is 0.230 e. The summed E-state index contributed by atoms with van der Waals surface area (Å²) in [5, 5.41) is 0.527. The molecule has 0 bridgehead atoms. The van der Waals surface area contributed by atoms with E-state index in [0.717, 1.165) is 20.3 Å². The zero-order valence-corrected chi connectivity index (χ0v) is 19.5. The minimum Gasteiger partial charge on any atom is -0.284 e. The van der Waals surface area contributed by atoms with Gasteiger partial charge in [0.05, 0.1) is 27.4 Å². The Morgan fingerprint density at radius 3 is 2.61 bits per heavy atom. The molecule has 0 radical (unpaired) electrons. The van der Waals surface area contributed by atoms with E-state index in [1.165, 1.54) is 16.2 Å². The molecule has 0 saturated carbocycles. The van der Waals surface area contributed by atoms with E-state index in [2.05, 4.69) is 25.9 Å². The summed E-state index contributed by atoms with van der Waals surface area (Å²) < 4.78 is 27.1. The van der Waals surface area contributed by atoms with E-state index < -0.39 is 9.84 Å². The molecule has 0 aliphatic heterocycles. The fourth-order valence-corrected chi connectivity index (χ4v) is 5.83. The molecule has 0 saturated heterocycles. The van der Waals surface area contributed by atoms with Gasteiger partial charge >= 0.3 is 0 Å². The van der Waals surface area contributed by atoms with Crippen LogP contribution in [0, 0.1) is 0 Å². The van der Waals surface area contributed by atoms with E-state index >= 15 is 0 Å². The van der Waals surface area contributed by atoms with Crippen molar-refractivity contribution in [3.63, 3.8) is 0 Å². The largest absolute Gasteiger partial charge is 0.284 e. The predicted octanol–water partition coefficient (Wildman–Crippen LogP) is 4.85. The number of nitrogens with zero attached hydrogens (tertiary/aromatic N) is 3. The second kappa shape index (κ2) is 9.25. The third-order valence-electron chi connectivity index (χ3n) is 4.62. The standard InChI is InChI=1S/C22H18BrN3O3S2/c23-17-8-9-19-20(13-17)30-22(25-19)26(15-16-5-4-11-24-14-16)21(27)10-12-31(28,29)18-6-2-1-3-7-18/h1-9,11,13-14H,10,12,15H2. The normalized spacial score (nSPS) is 11.5. The summed E-state index contributed by atoms with van der Waals surface area (Å²) in [7, 11) is -3.56. The Kier molecular flexibility index (Phi) is 6.45. The highest BCUT2D eigenvalue weighted by Gasteiger charge is 2.23. The van der Waals surface area contributed by atoms with E-state index in [1.54, 1.807) is 48.8 Å². The number of hydrogen-bond acceptors (Lipinski definition) is 6. The number of thiazole rings is 1. The highest BCUT2D eigenvalue weighted by Crippen LogP contribution is 2.32. The monoisotopic (exact) mass is 515 g/mol. The fourth-order valence-electron chi connectivity index (χ4n) is 3.04. The van der Waals surface area contributed by atoms with Crippen LogP contribution >= 0.6 is 27.3 Å². The average molecular weight is 516 g/mol. The Morgan fingerprint density at radius 2 is 1.87 bits per heavy atom. The maximum atomic E-state index is 13.2. The van der Waals surface area contributed by atoms with Crippen molar-refractivity contribution < 1.29 is 13.2 Å². The van der Waals surface area contributed by atoms with Crippen molar-refractivity contribution in [3.05, 3.63) is 83.1 Å². The maximum absolute atomic E-state index is 13.2. The molecule has 2 heterocycles. The average Bonchev–Trinajstić information content (AvgIpc) is 3.20. The molecule has 4 rings (SSSR count). The minimum atomic E-state index is -3.56. The number of sulfone groups is 1. The summed E-state index contributed by atoms with van der Waals surface area (Å²) >= 11 is 4.84. The van der Waals surface area contributed by atoms with E-state index in [4.69, 9.17) is 0 Å². The summed E-state index contributed by atoms with van der Waals surface area (Å²) in [6.07, 6.45) is 3.21. The molecular formula is C22H18BrN3O3S2. The van der Waals surface area contributed by atoms with Crippen LogP contribution in [0.4, 0.5) is 5.13 Å². The molecule has 0 atom stereocenters. The summed E-state index contributed by atoms with van der Waals surface area (Å²) in [6, 6.07) is 17.6. The first-order valence-corrected chi connectivity index (χ1v) is 12.7. The maximum Gasteiger partial charge on any atom is 0.230 e. The minimum absolute atomic E-state index is 0.142. The molecule has 9 heteroatoms. The lowest BCUT2D eigenvalue weighted by Gasteiger charge is -2.20. The van der Waals surface area contributed by atoms with Crippen LogP contribution in [0.25, 0.3) is 10.2 Å². The molecule has 0 unspecified atom stereocenters. The molecular weight excluding hydrogens is 498 g/mol. The van der Waals surface area contributed by atoms with Gasteiger partial charge in [-0.25, -0.2) is 13.4 Å². The van der Waals surface area contributed by atoms with Gasteiger partial charge in [-0.1, -0.05) is 51.5 Å². The van der Waals surface area contributed by atoms with Crippen molar-refractivity contribution >= 4 is 58.4 Å². The molecule has 4 aromatic rings. The highest BCUT2D eigenvalue weighted by molar-refractivity contribution is 9.10. The Hall–Kier alpha value is -2.62. The molecule has 0 spiro atoms. The Labute approximate surface area is 192 Å². The number of aromatic nitrogens is 2. The lowest BCUT2D eigenvalue weighted by atomic mass is 10.2. The van der Waals surface area contributed by atoms with E-state index in [0.29, 0.717) is 5.13 Å². The van der Waals surface area contributed by atoms with Crippen LogP contribution in [0.3, 0.4) is 0 Å². The summed E-state index contributed by atoms with van der Waals surface area (Å²) in [6.45, 7) is 0.263. The number of amides is 1. The number of benzene rings is 2. The lowest BCUT2D eigenvalue weighted by Crippen LogP contribution is -2.31. The van der Waals surface area contributed by atoms with E-state index in [-0.39, 0.29) is 29.5 Å². The molecule has 2 aromatic heterocycles. The molecule has 31 heavy (non-hydrogen) atoms. The summed E-state index contributed by atoms with van der Waals surface area (Å²) in [5.41, 5.74) is 1.62. The van der Waals surface area contributed by atoms with Crippen LogP contribution < -0.4 is 4.90 Å². The van der Waals surface area contributed by atoms with Gasteiger partial charge in [-0.15, -0.1) is 0 Å². The molecule has 1 amide bonds. The van der Waals surface area contributed by atoms with Crippen LogP contribution in [0.1, 0.15) is 12.0 Å². The topological polar surface area (TPSA) is 80.2 Å². The first-order chi connectivity index (χ1) is 14.9. The fraction of sp³-hybridized carbons (Fsp3) is 0.136. The second-order valence-electron chi connectivity index (χ2n) is 6.83. The van der Waals surface area contributed by atoms with Gasteiger partial charge in [-0.3, -0.25) is 14.7 Å². The number of hydrogen-bond donors (Lipinski definition) is 0. The van der Waals surface area contributed by atoms with Crippen LogP contribution in [0.2, 0.25) is 0 Å². The zero-order chi connectivity index (χ0) is 21.8. The highest BCUT2D eigenvalue weighted by atomic mass is 79.9. The number of carbonyl (C=O) groups is 1. The number of fused-ring (bicyclic) bond motifs is 1. The quantitative estimate of drug-likeness (QED) is 0.351. The van der Waals surface area contributed by atoms with Gasteiger partial charge in [-0.05, 0) is 42.0 Å². The van der Waals surface area contributed by atoms with Gasteiger partial charge in [-0.2, -0.15) is 0 Å². The van der Waals surface area contributed by atoms with Crippen molar-refractivity contribution in [3.8, 4) is 0 Å². The van der Waals surface area contributed by atoms with Gasteiger partial charge in [0, 0.05) is 23.3 Å². The number of rotatable bonds is 7. The Balaban J connectivity index is 1.61. The van der Waals surface area contributed by atoms with Crippen molar-refractivity contribution in [2.45, 2.75) is 17.9 Å². The van der Waals surface area contributed by atoms with Crippen molar-refractivity contribution in [2.75, 3.05) is 10.7 Å². The Morgan fingerprint density at radius 1 is 1.06 bits per heavy atom.